The summed E-state index contributed by atoms with van der Waals surface area (Å²) >= 11 is 0. The molecular weight excluding hydrogens is 307 g/mol. The monoisotopic (exact) mass is 328 g/mol. The fourth-order valence-electron chi connectivity index (χ4n) is 3.85. The third-order valence-corrected chi connectivity index (χ3v) is 5.00. The summed E-state index contributed by atoms with van der Waals surface area (Å²) in [5.41, 5.74) is 0.0865. The largest absolute Gasteiger partial charge is 0.458 e. The second kappa shape index (κ2) is 7.17. The molecule has 1 aliphatic carbocycles. The van der Waals surface area contributed by atoms with Crippen LogP contribution in [0, 0.1) is 23.6 Å². The molecule has 1 saturated carbocycles. The highest BCUT2D eigenvalue weighted by atomic mass is 19.1. The number of halogens is 1. The van der Waals surface area contributed by atoms with E-state index >= 15 is 0 Å². The van der Waals surface area contributed by atoms with E-state index in [0.29, 0.717) is 19.3 Å². The third kappa shape index (κ3) is 3.84. The normalized spacial score (nSPS) is 24.4. The summed E-state index contributed by atoms with van der Waals surface area (Å²) in [6.07, 6.45) is 5.62. The number of ketones is 1. The number of esters is 1. The van der Waals surface area contributed by atoms with Gasteiger partial charge < -0.3 is 4.74 Å². The molecule has 0 radical (unpaired) electrons. The molecular formula is C20H21FO3. The molecule has 1 aliphatic heterocycles. The maximum Gasteiger partial charge on any atom is 0.313 e. The van der Waals surface area contributed by atoms with Crippen LogP contribution in [-0.2, 0) is 14.3 Å². The first kappa shape index (κ1) is 16.7. The lowest BCUT2D eigenvalue weighted by Gasteiger charge is -2.40. The average molecular weight is 328 g/mol. The summed E-state index contributed by atoms with van der Waals surface area (Å²) in [4.78, 5) is 23.8. The van der Waals surface area contributed by atoms with Gasteiger partial charge in [-0.05, 0) is 49.4 Å². The summed E-state index contributed by atoms with van der Waals surface area (Å²) < 4.78 is 18.6. The Morgan fingerprint density at radius 3 is 2.54 bits per heavy atom. The smallest absolute Gasteiger partial charge is 0.313 e. The lowest BCUT2D eigenvalue weighted by atomic mass is 9.76. The van der Waals surface area contributed by atoms with Crippen molar-refractivity contribution in [3.8, 4) is 11.8 Å². The van der Waals surface area contributed by atoms with Crippen molar-refractivity contribution in [2.24, 2.45) is 5.92 Å². The molecule has 0 aromatic heterocycles. The van der Waals surface area contributed by atoms with Crippen molar-refractivity contribution in [1.29, 1.82) is 0 Å². The van der Waals surface area contributed by atoms with Crippen LogP contribution >= 0.6 is 0 Å². The number of Topliss-reactive ketones (excluding diaryl/α,β-unsaturated/α-hetero) is 1. The summed E-state index contributed by atoms with van der Waals surface area (Å²) in [5, 5.41) is 0. The van der Waals surface area contributed by atoms with Gasteiger partial charge in [-0.2, -0.15) is 0 Å². The molecule has 2 aliphatic rings. The number of carbonyl (C=O) groups is 2. The van der Waals surface area contributed by atoms with Crippen LogP contribution in [0.1, 0.15) is 56.9 Å². The van der Waals surface area contributed by atoms with E-state index in [4.69, 9.17) is 4.74 Å². The first-order chi connectivity index (χ1) is 11.6. The molecule has 1 saturated heterocycles. The number of ether oxygens (including phenoxy) is 1. The average Bonchev–Trinajstić information content (AvgIpc) is 3.07. The number of carbonyl (C=O) groups excluding carboxylic acids is 2. The summed E-state index contributed by atoms with van der Waals surface area (Å²) in [5.74, 6) is 5.63. The minimum atomic E-state index is -0.666. The van der Waals surface area contributed by atoms with Crippen LogP contribution in [0.5, 0.6) is 0 Å². The summed E-state index contributed by atoms with van der Waals surface area (Å²) in [6, 6.07) is 6.04. The summed E-state index contributed by atoms with van der Waals surface area (Å²) in [7, 11) is 0. The van der Waals surface area contributed by atoms with Gasteiger partial charge in [0.05, 0.1) is 0 Å². The highest BCUT2D eigenvalue weighted by Gasteiger charge is 2.47. The number of hydrogen-bond acceptors (Lipinski definition) is 3. The summed E-state index contributed by atoms with van der Waals surface area (Å²) in [6.45, 7) is 0. The van der Waals surface area contributed by atoms with E-state index in [0.717, 1.165) is 31.2 Å². The number of cyclic esters (lactones) is 1. The fraction of sp³-hybridized carbons (Fsp3) is 0.500. The highest BCUT2D eigenvalue weighted by Crippen LogP contribution is 2.43. The molecule has 3 nitrogen and oxygen atoms in total. The third-order valence-electron chi connectivity index (χ3n) is 5.00. The van der Waals surface area contributed by atoms with Gasteiger partial charge >= 0.3 is 5.97 Å². The Kier molecular flexibility index (Phi) is 4.99. The maximum absolute atomic E-state index is 12.9. The van der Waals surface area contributed by atoms with Crippen molar-refractivity contribution in [3.63, 3.8) is 0 Å². The van der Waals surface area contributed by atoms with Crippen LogP contribution < -0.4 is 0 Å². The molecule has 0 amide bonds. The molecule has 0 bridgehead atoms. The predicted octanol–water partition coefficient (Wildman–Crippen LogP) is 3.79. The topological polar surface area (TPSA) is 43.4 Å². The maximum atomic E-state index is 12.9. The van der Waals surface area contributed by atoms with Gasteiger partial charge in [-0.15, -0.1) is 0 Å². The molecule has 2 fully saturated rings. The van der Waals surface area contributed by atoms with Crippen molar-refractivity contribution in [2.45, 2.75) is 57.0 Å². The zero-order valence-electron chi connectivity index (χ0n) is 13.6. The lowest BCUT2D eigenvalue weighted by Crippen LogP contribution is -2.47. The second-order valence-corrected chi connectivity index (χ2v) is 6.72. The van der Waals surface area contributed by atoms with E-state index in [1.54, 1.807) is 12.1 Å². The Balaban J connectivity index is 1.69. The molecule has 0 spiro atoms. The minimum Gasteiger partial charge on any atom is -0.458 e. The highest BCUT2D eigenvalue weighted by molar-refractivity contribution is 5.98. The Morgan fingerprint density at radius 1 is 1.17 bits per heavy atom. The van der Waals surface area contributed by atoms with E-state index < -0.39 is 11.6 Å². The Hall–Kier alpha value is -2.15. The van der Waals surface area contributed by atoms with Gasteiger partial charge in [0.2, 0.25) is 0 Å². The quantitative estimate of drug-likeness (QED) is 0.482. The molecule has 4 heteroatoms. The van der Waals surface area contributed by atoms with Crippen molar-refractivity contribution < 1.29 is 18.7 Å². The van der Waals surface area contributed by atoms with E-state index in [1.165, 1.54) is 12.1 Å². The SMILES string of the molecule is O=C1CC(=O)OC(CCC#Cc2ccc(F)cc2)(C2CCCC2)C1. The van der Waals surface area contributed by atoms with Crippen molar-refractivity contribution in [1.82, 2.24) is 0 Å². The Labute approximate surface area is 141 Å². The van der Waals surface area contributed by atoms with E-state index in [9.17, 15) is 14.0 Å². The van der Waals surface area contributed by atoms with Gasteiger partial charge in [-0.3, -0.25) is 9.59 Å². The van der Waals surface area contributed by atoms with Crippen LogP contribution in [-0.4, -0.2) is 17.4 Å². The molecule has 24 heavy (non-hydrogen) atoms. The Morgan fingerprint density at radius 2 is 1.88 bits per heavy atom. The zero-order chi connectivity index (χ0) is 17.0. The van der Waals surface area contributed by atoms with Crippen LogP contribution in [0.15, 0.2) is 24.3 Å². The van der Waals surface area contributed by atoms with Crippen molar-refractivity contribution in [2.75, 3.05) is 0 Å². The van der Waals surface area contributed by atoms with Gasteiger partial charge in [-0.25, -0.2) is 4.39 Å². The van der Waals surface area contributed by atoms with Crippen LogP contribution in [0.2, 0.25) is 0 Å². The van der Waals surface area contributed by atoms with Crippen LogP contribution in [0.4, 0.5) is 4.39 Å². The van der Waals surface area contributed by atoms with Gasteiger partial charge in [0.15, 0.2) is 0 Å². The number of benzene rings is 1. The lowest BCUT2D eigenvalue weighted by molar-refractivity contribution is -0.178. The van der Waals surface area contributed by atoms with E-state index in [2.05, 4.69) is 11.8 Å². The molecule has 3 rings (SSSR count). The van der Waals surface area contributed by atoms with Gasteiger partial charge in [-0.1, -0.05) is 24.7 Å². The minimum absolute atomic E-state index is 0.0235. The van der Waals surface area contributed by atoms with Gasteiger partial charge in [0, 0.05) is 18.4 Å². The van der Waals surface area contributed by atoms with E-state index in [1.807, 2.05) is 0 Å². The second-order valence-electron chi connectivity index (χ2n) is 6.72. The molecule has 1 unspecified atom stereocenters. The van der Waals surface area contributed by atoms with Gasteiger partial charge in [0.25, 0.3) is 0 Å². The zero-order valence-corrected chi connectivity index (χ0v) is 13.6. The number of hydrogen-bond donors (Lipinski definition) is 0. The molecule has 1 atom stereocenters. The van der Waals surface area contributed by atoms with Crippen LogP contribution in [0.25, 0.3) is 0 Å². The standard InChI is InChI=1S/C20H21FO3/c21-17-10-8-15(9-11-17)5-3-4-12-20(16-6-1-2-7-16)14-18(22)13-19(23)24-20/h8-11,16H,1-2,4,6-7,12-14H2. The fourth-order valence-corrected chi connectivity index (χ4v) is 3.85. The Bertz CT molecular complexity index is 659. The van der Waals surface area contributed by atoms with E-state index in [-0.39, 0.29) is 23.9 Å². The molecule has 126 valence electrons. The number of rotatable bonds is 3. The van der Waals surface area contributed by atoms with Crippen molar-refractivity contribution in [3.05, 3.63) is 35.6 Å². The first-order valence-corrected chi connectivity index (χ1v) is 8.55. The molecule has 1 aromatic carbocycles. The first-order valence-electron chi connectivity index (χ1n) is 8.55. The molecule has 0 N–H and O–H groups in total. The van der Waals surface area contributed by atoms with Crippen LogP contribution in [0.3, 0.4) is 0 Å². The van der Waals surface area contributed by atoms with Crippen molar-refractivity contribution >= 4 is 11.8 Å². The molecule has 1 aromatic rings. The predicted molar refractivity (Wildman–Crippen MR) is 87.5 cm³/mol. The molecule has 1 heterocycles. The van der Waals surface area contributed by atoms with Gasteiger partial charge in [0.1, 0.15) is 23.6 Å².